The molecule has 0 saturated carbocycles. The van der Waals surface area contributed by atoms with Crippen molar-refractivity contribution in [3.05, 3.63) is 47.3 Å². The fraction of sp³-hybridized carbons (Fsp3) is 0.458. The number of hydrogen-bond donors (Lipinski definition) is 1. The second kappa shape index (κ2) is 9.06. The Labute approximate surface area is 188 Å². The zero-order chi connectivity index (χ0) is 22.8. The molecule has 2 aliphatic rings. The van der Waals surface area contributed by atoms with E-state index in [4.69, 9.17) is 0 Å². The number of anilines is 2. The van der Waals surface area contributed by atoms with Crippen LogP contribution in [0.4, 0.5) is 11.6 Å². The minimum absolute atomic E-state index is 0.00413. The van der Waals surface area contributed by atoms with E-state index in [0.717, 1.165) is 22.6 Å². The number of benzene rings is 1. The molecule has 2 fully saturated rings. The summed E-state index contributed by atoms with van der Waals surface area (Å²) in [5, 5.41) is 2.81. The Morgan fingerprint density at radius 1 is 0.969 bits per heavy atom. The van der Waals surface area contributed by atoms with Crippen LogP contribution in [0.25, 0.3) is 0 Å². The van der Waals surface area contributed by atoms with Crippen molar-refractivity contribution in [3.8, 4) is 0 Å². The van der Waals surface area contributed by atoms with Gasteiger partial charge in [-0.25, -0.2) is 9.97 Å². The Balaban J connectivity index is 1.31. The summed E-state index contributed by atoms with van der Waals surface area (Å²) < 4.78 is 0. The zero-order valence-corrected chi connectivity index (χ0v) is 18.8. The van der Waals surface area contributed by atoms with E-state index in [-0.39, 0.29) is 36.0 Å². The van der Waals surface area contributed by atoms with Gasteiger partial charge in [-0.1, -0.05) is 17.7 Å². The highest BCUT2D eigenvalue weighted by Crippen LogP contribution is 2.28. The number of nitrogens with zero attached hydrogens (tertiary/aromatic N) is 4. The first-order valence-electron chi connectivity index (χ1n) is 11.1. The summed E-state index contributed by atoms with van der Waals surface area (Å²) in [6, 6.07) is 9.63. The van der Waals surface area contributed by atoms with Gasteiger partial charge in [0.05, 0.1) is 5.92 Å². The molecule has 1 aromatic heterocycles. The average molecular weight is 436 g/mol. The summed E-state index contributed by atoms with van der Waals surface area (Å²) in [5.74, 6) is -0.315. The summed E-state index contributed by atoms with van der Waals surface area (Å²) in [6.45, 7) is 7.16. The van der Waals surface area contributed by atoms with E-state index in [9.17, 15) is 14.4 Å². The molecule has 1 atom stereocenters. The molecule has 3 heterocycles. The van der Waals surface area contributed by atoms with Gasteiger partial charge in [0.1, 0.15) is 0 Å². The van der Waals surface area contributed by atoms with Crippen LogP contribution in [-0.4, -0.2) is 52.2 Å². The van der Waals surface area contributed by atoms with Crippen LogP contribution in [0.1, 0.15) is 36.2 Å². The third-order valence-electron chi connectivity index (χ3n) is 6.21. The lowest BCUT2D eigenvalue weighted by Gasteiger charge is -2.32. The number of amides is 3. The highest BCUT2D eigenvalue weighted by molar-refractivity contribution is 6.00. The molecule has 3 amide bonds. The molecular weight excluding hydrogens is 406 g/mol. The van der Waals surface area contributed by atoms with Gasteiger partial charge >= 0.3 is 0 Å². The molecule has 0 radical (unpaired) electrons. The van der Waals surface area contributed by atoms with Crippen molar-refractivity contribution in [1.29, 1.82) is 0 Å². The zero-order valence-electron chi connectivity index (χ0n) is 18.8. The van der Waals surface area contributed by atoms with Crippen molar-refractivity contribution >= 4 is 29.4 Å². The number of aryl methyl sites for hydroxylation is 3. The molecular formula is C24H29N5O3. The van der Waals surface area contributed by atoms with Gasteiger partial charge in [0.2, 0.25) is 23.7 Å². The number of aromatic nitrogens is 2. The van der Waals surface area contributed by atoms with Crippen LogP contribution in [0.15, 0.2) is 30.3 Å². The smallest absolute Gasteiger partial charge is 0.229 e. The van der Waals surface area contributed by atoms with E-state index in [1.807, 2.05) is 51.1 Å². The third kappa shape index (κ3) is 4.79. The third-order valence-corrected chi connectivity index (χ3v) is 6.21. The first-order chi connectivity index (χ1) is 15.3. The van der Waals surface area contributed by atoms with Gasteiger partial charge < -0.3 is 9.80 Å². The maximum absolute atomic E-state index is 13.0. The van der Waals surface area contributed by atoms with Crippen LogP contribution in [0.2, 0.25) is 0 Å². The Kier molecular flexibility index (Phi) is 6.21. The lowest BCUT2D eigenvalue weighted by Crippen LogP contribution is -2.44. The molecule has 32 heavy (non-hydrogen) atoms. The number of rotatable bonds is 4. The predicted octanol–water partition coefficient (Wildman–Crippen LogP) is 2.63. The Morgan fingerprint density at radius 3 is 2.22 bits per heavy atom. The van der Waals surface area contributed by atoms with Crippen LogP contribution in [0.3, 0.4) is 0 Å². The van der Waals surface area contributed by atoms with Gasteiger partial charge in [-0.2, -0.15) is 0 Å². The van der Waals surface area contributed by atoms with Crippen LogP contribution >= 0.6 is 0 Å². The van der Waals surface area contributed by atoms with Crippen molar-refractivity contribution in [2.24, 2.45) is 11.8 Å². The minimum Gasteiger partial charge on any atom is -0.342 e. The van der Waals surface area contributed by atoms with E-state index in [0.29, 0.717) is 38.4 Å². The van der Waals surface area contributed by atoms with Gasteiger partial charge in [-0.15, -0.1) is 0 Å². The highest BCUT2D eigenvalue weighted by Gasteiger charge is 2.38. The predicted molar refractivity (Wildman–Crippen MR) is 121 cm³/mol. The molecule has 0 spiro atoms. The summed E-state index contributed by atoms with van der Waals surface area (Å²) in [7, 11) is 0. The average Bonchev–Trinajstić information content (AvgIpc) is 3.14. The van der Waals surface area contributed by atoms with Gasteiger partial charge in [-0.05, 0) is 51.8 Å². The standard InChI is InChI=1S/C24H29N5O3/c1-15-4-6-20(7-5-15)29-14-19(13-21(29)30)23(32)28-10-8-18(9-11-28)22(31)27-24-25-16(2)12-17(3)26-24/h4-7,12,18-19H,8-11,13-14H2,1-3H3,(H,25,26,27,31). The molecule has 8 nitrogen and oxygen atoms in total. The number of nitrogens with one attached hydrogen (secondary N) is 1. The van der Waals surface area contributed by atoms with Gasteiger partial charge in [-0.3, -0.25) is 19.7 Å². The second-order valence-corrected chi connectivity index (χ2v) is 8.80. The molecule has 168 valence electrons. The van der Waals surface area contributed by atoms with E-state index < -0.39 is 0 Å². The highest BCUT2D eigenvalue weighted by atomic mass is 16.2. The van der Waals surface area contributed by atoms with E-state index in [1.54, 1.807) is 9.80 Å². The monoisotopic (exact) mass is 435 g/mol. The number of likely N-dealkylation sites (tertiary alicyclic amines) is 1. The number of carbonyl (C=O) groups excluding carboxylic acids is 3. The number of piperidine rings is 1. The van der Waals surface area contributed by atoms with E-state index >= 15 is 0 Å². The van der Waals surface area contributed by atoms with Crippen molar-refractivity contribution in [2.75, 3.05) is 29.9 Å². The van der Waals surface area contributed by atoms with Crippen LogP contribution < -0.4 is 10.2 Å². The van der Waals surface area contributed by atoms with Gasteiger partial charge in [0, 0.05) is 49.0 Å². The Hall–Kier alpha value is -3.29. The van der Waals surface area contributed by atoms with E-state index in [1.165, 1.54) is 0 Å². The number of carbonyl (C=O) groups is 3. The lowest BCUT2D eigenvalue weighted by molar-refractivity contribution is -0.138. The Morgan fingerprint density at radius 2 is 1.59 bits per heavy atom. The SMILES string of the molecule is Cc1ccc(N2CC(C(=O)N3CCC(C(=O)Nc4nc(C)cc(C)n4)CC3)CC2=O)cc1. The van der Waals surface area contributed by atoms with Gasteiger partial charge in [0.15, 0.2) is 0 Å². The first kappa shape index (κ1) is 21.9. The van der Waals surface area contributed by atoms with Crippen LogP contribution in [0, 0.1) is 32.6 Å². The normalized spacial score (nSPS) is 19.3. The van der Waals surface area contributed by atoms with Crippen molar-refractivity contribution in [3.63, 3.8) is 0 Å². The molecule has 0 aliphatic carbocycles. The van der Waals surface area contributed by atoms with E-state index in [2.05, 4.69) is 15.3 Å². The summed E-state index contributed by atoms with van der Waals surface area (Å²) in [4.78, 5) is 50.2. The second-order valence-electron chi connectivity index (χ2n) is 8.80. The fourth-order valence-corrected chi connectivity index (χ4v) is 4.46. The quantitative estimate of drug-likeness (QED) is 0.797. The number of hydrogen-bond acceptors (Lipinski definition) is 5. The molecule has 0 bridgehead atoms. The topological polar surface area (TPSA) is 95.5 Å². The molecule has 2 saturated heterocycles. The summed E-state index contributed by atoms with van der Waals surface area (Å²) in [6.07, 6.45) is 1.41. The fourth-order valence-electron chi connectivity index (χ4n) is 4.46. The maximum atomic E-state index is 13.0. The summed E-state index contributed by atoms with van der Waals surface area (Å²) >= 11 is 0. The van der Waals surface area contributed by atoms with Crippen LogP contribution in [0.5, 0.6) is 0 Å². The largest absolute Gasteiger partial charge is 0.342 e. The molecule has 1 aromatic carbocycles. The molecule has 2 aromatic rings. The lowest BCUT2D eigenvalue weighted by atomic mass is 9.94. The van der Waals surface area contributed by atoms with Crippen molar-refractivity contribution in [1.82, 2.24) is 14.9 Å². The molecule has 1 unspecified atom stereocenters. The van der Waals surface area contributed by atoms with Crippen molar-refractivity contribution in [2.45, 2.75) is 40.0 Å². The molecule has 4 rings (SSSR count). The minimum atomic E-state index is -0.335. The molecule has 1 N–H and O–H groups in total. The maximum Gasteiger partial charge on any atom is 0.229 e. The molecule has 8 heteroatoms. The van der Waals surface area contributed by atoms with Crippen molar-refractivity contribution < 1.29 is 14.4 Å². The van der Waals surface area contributed by atoms with Crippen LogP contribution in [-0.2, 0) is 14.4 Å². The first-order valence-corrected chi connectivity index (χ1v) is 11.1. The molecule has 2 aliphatic heterocycles. The summed E-state index contributed by atoms with van der Waals surface area (Å²) in [5.41, 5.74) is 3.57. The van der Waals surface area contributed by atoms with Gasteiger partial charge in [0.25, 0.3) is 0 Å². The Bertz CT molecular complexity index is 1010.